The van der Waals surface area contributed by atoms with Gasteiger partial charge in [0.25, 0.3) is 5.56 Å². The van der Waals surface area contributed by atoms with Crippen LogP contribution in [-0.4, -0.2) is 43.9 Å². The summed E-state index contributed by atoms with van der Waals surface area (Å²) in [4.78, 5) is 44.3. The van der Waals surface area contributed by atoms with Crippen LogP contribution in [0, 0.1) is 5.92 Å². The molecule has 11 heteroatoms. The number of rotatable bonds is 12. The van der Waals surface area contributed by atoms with E-state index in [9.17, 15) is 14.4 Å². The zero-order valence-corrected chi connectivity index (χ0v) is 26.9. The highest BCUT2D eigenvalue weighted by molar-refractivity contribution is 7.07. The molecule has 0 N–H and O–H groups in total. The quantitative estimate of drug-likeness (QED) is 0.164. The first-order valence-electron chi connectivity index (χ1n) is 14.4. The standard InChI is InChI=1S/C33H38N2O8S/c1-8-9-14-41-24-12-10-22(15-26(24)39-6)16-28-31(37)35-30(23-11-13-25(43-21(5)36)27(17-23)40-7)29(20(4)34-33(35)44-28)32(38)42-18-19(2)3/h10-13,15-17,19,30H,8-9,14,18H2,1-7H3/b28-16-/t30-/m1/s1. The van der Waals surface area contributed by atoms with Gasteiger partial charge in [0.1, 0.15) is 0 Å². The first kappa shape index (κ1) is 32.5. The second-order valence-electron chi connectivity index (χ2n) is 10.7. The molecule has 0 fully saturated rings. The molecule has 0 saturated carbocycles. The van der Waals surface area contributed by atoms with Crippen molar-refractivity contribution in [2.75, 3.05) is 27.4 Å². The van der Waals surface area contributed by atoms with Crippen LogP contribution in [-0.2, 0) is 14.3 Å². The SMILES string of the molecule is CCCCOc1ccc(/C=c2\sc3n(c2=O)[C@H](c2ccc(OC(C)=O)c(OC)c2)C(C(=O)OCC(C)C)=C(C)N=3)cc1OC. The van der Waals surface area contributed by atoms with Crippen LogP contribution in [0.25, 0.3) is 6.08 Å². The van der Waals surface area contributed by atoms with Gasteiger partial charge in [0.05, 0.1) is 49.3 Å². The highest BCUT2D eigenvalue weighted by atomic mass is 32.1. The Bertz CT molecular complexity index is 1750. The Balaban J connectivity index is 1.86. The number of unbranched alkanes of at least 4 members (excludes halogenated alkanes) is 1. The number of carbonyl (C=O) groups is 2. The van der Waals surface area contributed by atoms with Gasteiger partial charge in [0.15, 0.2) is 27.8 Å². The lowest BCUT2D eigenvalue weighted by Gasteiger charge is -2.25. The molecule has 0 aliphatic carbocycles. The van der Waals surface area contributed by atoms with Crippen molar-refractivity contribution in [1.29, 1.82) is 0 Å². The van der Waals surface area contributed by atoms with Crippen molar-refractivity contribution in [1.82, 2.24) is 4.57 Å². The van der Waals surface area contributed by atoms with Crippen molar-refractivity contribution in [3.63, 3.8) is 0 Å². The number of thiazole rings is 1. The molecule has 44 heavy (non-hydrogen) atoms. The minimum Gasteiger partial charge on any atom is -0.493 e. The molecule has 0 unspecified atom stereocenters. The fraction of sp³-hybridized carbons (Fsp3) is 0.394. The lowest BCUT2D eigenvalue weighted by molar-refractivity contribution is -0.140. The van der Waals surface area contributed by atoms with E-state index in [0.717, 1.165) is 18.4 Å². The molecule has 1 aliphatic rings. The van der Waals surface area contributed by atoms with E-state index in [0.29, 0.717) is 38.7 Å². The molecule has 10 nitrogen and oxygen atoms in total. The number of aromatic nitrogens is 1. The maximum atomic E-state index is 14.1. The summed E-state index contributed by atoms with van der Waals surface area (Å²) in [5.41, 5.74) is 1.65. The molecule has 0 amide bonds. The van der Waals surface area contributed by atoms with Crippen molar-refractivity contribution in [3.8, 4) is 23.0 Å². The van der Waals surface area contributed by atoms with Gasteiger partial charge in [-0.3, -0.25) is 14.2 Å². The molecular weight excluding hydrogens is 584 g/mol. The van der Waals surface area contributed by atoms with Gasteiger partial charge in [-0.05, 0) is 60.7 Å². The topological polar surface area (TPSA) is 115 Å². The van der Waals surface area contributed by atoms with Gasteiger partial charge in [-0.25, -0.2) is 9.79 Å². The number of methoxy groups -OCH3 is 2. The van der Waals surface area contributed by atoms with E-state index in [2.05, 4.69) is 11.9 Å². The van der Waals surface area contributed by atoms with Crippen LogP contribution >= 0.6 is 11.3 Å². The highest BCUT2D eigenvalue weighted by Crippen LogP contribution is 2.36. The molecule has 1 aliphatic heterocycles. The van der Waals surface area contributed by atoms with Crippen molar-refractivity contribution in [2.45, 2.75) is 53.5 Å². The molecule has 0 bridgehead atoms. The van der Waals surface area contributed by atoms with Crippen LogP contribution in [0.5, 0.6) is 23.0 Å². The second-order valence-corrected chi connectivity index (χ2v) is 11.7. The number of allylic oxidation sites excluding steroid dienone is 1. The number of ether oxygens (including phenoxy) is 5. The molecule has 0 saturated heterocycles. The van der Waals surface area contributed by atoms with E-state index in [1.165, 1.54) is 29.9 Å². The Hall–Kier alpha value is -4.38. The average Bonchev–Trinajstić information content (AvgIpc) is 3.29. The summed E-state index contributed by atoms with van der Waals surface area (Å²) in [7, 11) is 3.02. The number of hydrogen-bond donors (Lipinski definition) is 0. The average molecular weight is 623 g/mol. The van der Waals surface area contributed by atoms with Crippen molar-refractivity contribution >= 4 is 29.4 Å². The van der Waals surface area contributed by atoms with Gasteiger partial charge >= 0.3 is 11.9 Å². The second kappa shape index (κ2) is 14.4. The predicted molar refractivity (Wildman–Crippen MR) is 167 cm³/mol. The number of nitrogens with zero attached hydrogens (tertiary/aromatic N) is 2. The zero-order chi connectivity index (χ0) is 32.0. The Morgan fingerprint density at radius 1 is 1.05 bits per heavy atom. The Morgan fingerprint density at radius 3 is 2.41 bits per heavy atom. The van der Waals surface area contributed by atoms with Crippen LogP contribution in [0.2, 0.25) is 0 Å². The maximum Gasteiger partial charge on any atom is 0.338 e. The summed E-state index contributed by atoms with van der Waals surface area (Å²) in [6.07, 6.45) is 3.71. The van der Waals surface area contributed by atoms with E-state index in [-0.39, 0.29) is 35.2 Å². The fourth-order valence-electron chi connectivity index (χ4n) is 4.68. The maximum absolute atomic E-state index is 14.1. The van der Waals surface area contributed by atoms with Crippen molar-refractivity contribution in [3.05, 3.63) is 78.5 Å². The smallest absolute Gasteiger partial charge is 0.338 e. The van der Waals surface area contributed by atoms with Gasteiger partial charge in [0, 0.05) is 6.92 Å². The number of benzene rings is 2. The number of hydrogen-bond acceptors (Lipinski definition) is 10. The molecule has 0 spiro atoms. The third-order valence-corrected chi connectivity index (χ3v) is 7.77. The van der Waals surface area contributed by atoms with E-state index in [1.807, 2.05) is 32.0 Å². The molecule has 2 aromatic carbocycles. The Labute approximate surface area is 260 Å². The summed E-state index contributed by atoms with van der Waals surface area (Å²) in [5, 5.41) is 0. The number of fused-ring (bicyclic) bond motifs is 1. The summed E-state index contributed by atoms with van der Waals surface area (Å²) >= 11 is 1.22. The number of esters is 2. The van der Waals surface area contributed by atoms with Crippen molar-refractivity contribution in [2.24, 2.45) is 10.9 Å². The van der Waals surface area contributed by atoms with Gasteiger partial charge in [-0.2, -0.15) is 0 Å². The lowest BCUT2D eigenvalue weighted by atomic mass is 9.95. The largest absolute Gasteiger partial charge is 0.493 e. The van der Waals surface area contributed by atoms with E-state index in [1.54, 1.807) is 38.3 Å². The molecule has 1 atom stereocenters. The number of carbonyl (C=O) groups excluding carboxylic acids is 2. The third kappa shape index (κ3) is 7.21. The van der Waals surface area contributed by atoms with Crippen LogP contribution in [0.15, 0.2) is 57.5 Å². The van der Waals surface area contributed by atoms with Gasteiger partial charge in [-0.15, -0.1) is 0 Å². The lowest BCUT2D eigenvalue weighted by Crippen LogP contribution is -2.40. The van der Waals surface area contributed by atoms with Crippen LogP contribution < -0.4 is 33.8 Å². The van der Waals surface area contributed by atoms with Gasteiger partial charge < -0.3 is 23.7 Å². The molecule has 4 rings (SSSR count). The summed E-state index contributed by atoms with van der Waals surface area (Å²) in [6.45, 7) is 9.79. The molecular formula is C33H38N2O8S. The van der Waals surface area contributed by atoms with Crippen LogP contribution in [0.3, 0.4) is 0 Å². The Kier molecular flexibility index (Phi) is 10.6. The highest BCUT2D eigenvalue weighted by Gasteiger charge is 2.34. The minimum absolute atomic E-state index is 0.114. The van der Waals surface area contributed by atoms with Crippen LogP contribution in [0.1, 0.15) is 64.6 Å². The monoisotopic (exact) mass is 622 g/mol. The summed E-state index contributed by atoms with van der Waals surface area (Å²) in [5.74, 6) is 0.732. The molecule has 2 heterocycles. The van der Waals surface area contributed by atoms with Crippen LogP contribution in [0.4, 0.5) is 0 Å². The molecule has 3 aromatic rings. The van der Waals surface area contributed by atoms with E-state index in [4.69, 9.17) is 23.7 Å². The van der Waals surface area contributed by atoms with Gasteiger partial charge in [0.2, 0.25) is 0 Å². The molecule has 0 radical (unpaired) electrons. The summed E-state index contributed by atoms with van der Waals surface area (Å²) < 4.78 is 29.7. The first-order valence-corrected chi connectivity index (χ1v) is 15.3. The van der Waals surface area contributed by atoms with Crippen molar-refractivity contribution < 1.29 is 33.3 Å². The summed E-state index contributed by atoms with van der Waals surface area (Å²) in [6, 6.07) is 9.55. The fourth-order valence-corrected chi connectivity index (χ4v) is 5.73. The van der Waals surface area contributed by atoms with E-state index < -0.39 is 18.0 Å². The predicted octanol–water partition coefficient (Wildman–Crippen LogP) is 4.56. The minimum atomic E-state index is -0.864. The van der Waals surface area contributed by atoms with E-state index >= 15 is 0 Å². The molecule has 1 aromatic heterocycles. The zero-order valence-electron chi connectivity index (χ0n) is 26.1. The first-order chi connectivity index (χ1) is 21.1. The molecule has 234 valence electrons. The Morgan fingerprint density at radius 2 is 1.75 bits per heavy atom. The third-order valence-electron chi connectivity index (χ3n) is 6.79. The van der Waals surface area contributed by atoms with Gasteiger partial charge in [-0.1, -0.05) is 50.7 Å². The normalized spacial score (nSPS) is 14.6.